The van der Waals surface area contributed by atoms with Crippen LogP contribution >= 0.6 is 11.6 Å². The minimum Gasteiger partial charge on any atom is -0.478 e. The standard InChI is InChI=1S/C11H9ClO3/c1-7-2-3-8(12)6-9(7)10(13)4-5-11(14)15/h2-6H,1H3,(H,14,15). The van der Waals surface area contributed by atoms with E-state index >= 15 is 0 Å². The molecule has 0 atom stereocenters. The van der Waals surface area contributed by atoms with Crippen LogP contribution in [0.1, 0.15) is 15.9 Å². The summed E-state index contributed by atoms with van der Waals surface area (Å²) in [6.45, 7) is 1.76. The van der Waals surface area contributed by atoms with Gasteiger partial charge >= 0.3 is 5.97 Å². The lowest BCUT2D eigenvalue weighted by atomic mass is 10.0. The Kier molecular flexibility index (Phi) is 3.63. The van der Waals surface area contributed by atoms with E-state index in [1.807, 2.05) is 0 Å². The Bertz CT molecular complexity index is 435. The minimum absolute atomic E-state index is 0.364. The summed E-state index contributed by atoms with van der Waals surface area (Å²) < 4.78 is 0. The molecule has 0 bridgehead atoms. The van der Waals surface area contributed by atoms with Crippen molar-refractivity contribution in [2.75, 3.05) is 0 Å². The molecule has 0 aromatic heterocycles. The molecule has 1 aromatic rings. The van der Waals surface area contributed by atoms with Gasteiger partial charge in [0.2, 0.25) is 0 Å². The molecular weight excluding hydrogens is 216 g/mol. The molecule has 15 heavy (non-hydrogen) atoms. The van der Waals surface area contributed by atoms with Crippen molar-refractivity contribution in [3.8, 4) is 0 Å². The maximum atomic E-state index is 11.5. The Morgan fingerprint density at radius 2 is 2.00 bits per heavy atom. The van der Waals surface area contributed by atoms with Crippen molar-refractivity contribution in [2.45, 2.75) is 6.92 Å². The highest BCUT2D eigenvalue weighted by atomic mass is 35.5. The highest BCUT2D eigenvalue weighted by Gasteiger charge is 2.06. The number of benzene rings is 1. The molecule has 0 amide bonds. The van der Waals surface area contributed by atoms with Crippen LogP contribution in [-0.2, 0) is 4.79 Å². The van der Waals surface area contributed by atoms with Gasteiger partial charge in [0.15, 0.2) is 5.78 Å². The van der Waals surface area contributed by atoms with E-state index in [2.05, 4.69) is 0 Å². The molecule has 78 valence electrons. The molecule has 0 fully saturated rings. The molecule has 0 aliphatic carbocycles. The van der Waals surface area contributed by atoms with E-state index in [9.17, 15) is 9.59 Å². The van der Waals surface area contributed by atoms with Gasteiger partial charge in [-0.3, -0.25) is 4.79 Å². The second-order valence-corrected chi connectivity index (χ2v) is 3.43. The molecule has 4 heteroatoms. The maximum absolute atomic E-state index is 11.5. The van der Waals surface area contributed by atoms with Crippen molar-refractivity contribution < 1.29 is 14.7 Å². The third kappa shape index (κ3) is 3.22. The van der Waals surface area contributed by atoms with E-state index in [0.717, 1.165) is 17.7 Å². The summed E-state index contributed by atoms with van der Waals surface area (Å²) in [5.74, 6) is -1.51. The van der Waals surface area contributed by atoms with Crippen LogP contribution in [0.3, 0.4) is 0 Å². The number of aryl methyl sites for hydroxylation is 1. The molecule has 0 saturated carbocycles. The first-order chi connectivity index (χ1) is 7.00. The summed E-state index contributed by atoms with van der Waals surface area (Å²) in [5.41, 5.74) is 1.18. The normalized spacial score (nSPS) is 10.5. The molecule has 3 nitrogen and oxygen atoms in total. The lowest BCUT2D eigenvalue weighted by Gasteiger charge is -2.01. The number of carbonyl (C=O) groups is 2. The van der Waals surface area contributed by atoms with Gasteiger partial charge in [0.25, 0.3) is 0 Å². The van der Waals surface area contributed by atoms with Crippen molar-refractivity contribution in [1.29, 1.82) is 0 Å². The van der Waals surface area contributed by atoms with Crippen molar-refractivity contribution in [2.24, 2.45) is 0 Å². The zero-order valence-electron chi connectivity index (χ0n) is 8.03. The van der Waals surface area contributed by atoms with E-state index in [1.54, 1.807) is 19.1 Å². The third-order valence-electron chi connectivity index (χ3n) is 1.84. The molecule has 0 saturated heterocycles. The minimum atomic E-state index is -1.15. The Morgan fingerprint density at radius 1 is 1.33 bits per heavy atom. The monoisotopic (exact) mass is 224 g/mol. The quantitative estimate of drug-likeness (QED) is 0.634. The van der Waals surface area contributed by atoms with Gasteiger partial charge in [-0.25, -0.2) is 4.79 Å². The molecule has 1 N–H and O–H groups in total. The van der Waals surface area contributed by atoms with Crippen LogP contribution in [0.4, 0.5) is 0 Å². The van der Waals surface area contributed by atoms with Crippen LogP contribution in [0.5, 0.6) is 0 Å². The number of hydrogen-bond acceptors (Lipinski definition) is 2. The Hall–Kier alpha value is -1.61. The molecule has 1 rings (SSSR count). The van der Waals surface area contributed by atoms with Crippen LogP contribution in [0.2, 0.25) is 5.02 Å². The summed E-state index contributed by atoms with van der Waals surface area (Å²) in [6, 6.07) is 4.91. The predicted octanol–water partition coefficient (Wildman–Crippen LogP) is 2.47. The smallest absolute Gasteiger partial charge is 0.328 e. The molecule has 0 aliphatic rings. The fraction of sp³-hybridized carbons (Fsp3) is 0.0909. The van der Waals surface area contributed by atoms with Crippen LogP contribution in [0.25, 0.3) is 0 Å². The van der Waals surface area contributed by atoms with Crippen molar-refractivity contribution >= 4 is 23.4 Å². The second kappa shape index (κ2) is 4.75. The lowest BCUT2D eigenvalue weighted by Crippen LogP contribution is -1.99. The van der Waals surface area contributed by atoms with Gasteiger partial charge in [-0.1, -0.05) is 17.7 Å². The highest BCUT2D eigenvalue weighted by Crippen LogP contribution is 2.16. The number of carbonyl (C=O) groups excluding carboxylic acids is 1. The number of allylic oxidation sites excluding steroid dienone is 1. The van der Waals surface area contributed by atoms with Gasteiger partial charge in [0.05, 0.1) is 0 Å². The Morgan fingerprint density at radius 3 is 2.60 bits per heavy atom. The number of halogens is 1. The first-order valence-corrected chi connectivity index (χ1v) is 4.60. The molecule has 0 unspecified atom stereocenters. The first kappa shape index (κ1) is 11.5. The summed E-state index contributed by atoms with van der Waals surface area (Å²) in [5, 5.41) is 8.82. The van der Waals surface area contributed by atoms with Gasteiger partial charge in [-0.2, -0.15) is 0 Å². The first-order valence-electron chi connectivity index (χ1n) is 4.22. The zero-order chi connectivity index (χ0) is 11.4. The molecular formula is C11H9ClO3. The molecule has 0 heterocycles. The number of carboxylic acid groups (broad SMARTS) is 1. The van der Waals surface area contributed by atoms with E-state index in [-0.39, 0.29) is 5.78 Å². The molecule has 0 spiro atoms. The second-order valence-electron chi connectivity index (χ2n) is 3.00. The molecule has 1 aromatic carbocycles. The van der Waals surface area contributed by atoms with Gasteiger partial charge in [-0.05, 0) is 30.7 Å². The Balaban J connectivity index is 3.01. The average Bonchev–Trinajstić information content (AvgIpc) is 2.18. The van der Waals surface area contributed by atoms with Crippen LogP contribution in [-0.4, -0.2) is 16.9 Å². The zero-order valence-corrected chi connectivity index (χ0v) is 8.78. The third-order valence-corrected chi connectivity index (χ3v) is 2.08. The summed E-state index contributed by atoms with van der Waals surface area (Å²) in [4.78, 5) is 21.7. The summed E-state index contributed by atoms with van der Waals surface area (Å²) >= 11 is 5.73. The highest BCUT2D eigenvalue weighted by molar-refractivity contribution is 6.31. The number of aliphatic carboxylic acids is 1. The van der Waals surface area contributed by atoms with E-state index in [4.69, 9.17) is 16.7 Å². The van der Waals surface area contributed by atoms with Crippen LogP contribution in [0.15, 0.2) is 30.4 Å². The van der Waals surface area contributed by atoms with Crippen LogP contribution < -0.4 is 0 Å². The Labute approximate surface area is 92.0 Å². The van der Waals surface area contributed by atoms with Crippen molar-refractivity contribution in [1.82, 2.24) is 0 Å². The van der Waals surface area contributed by atoms with Crippen LogP contribution in [0, 0.1) is 6.92 Å². The van der Waals surface area contributed by atoms with Gasteiger partial charge < -0.3 is 5.11 Å². The van der Waals surface area contributed by atoms with Crippen molar-refractivity contribution in [3.63, 3.8) is 0 Å². The van der Waals surface area contributed by atoms with Gasteiger partial charge in [0, 0.05) is 16.7 Å². The van der Waals surface area contributed by atoms with Crippen molar-refractivity contribution in [3.05, 3.63) is 46.5 Å². The lowest BCUT2D eigenvalue weighted by molar-refractivity contribution is -0.131. The number of carboxylic acids is 1. The predicted molar refractivity (Wildman–Crippen MR) is 57.3 cm³/mol. The average molecular weight is 225 g/mol. The number of rotatable bonds is 3. The van der Waals surface area contributed by atoms with E-state index in [0.29, 0.717) is 10.6 Å². The summed E-state index contributed by atoms with van der Waals surface area (Å²) in [7, 11) is 0. The molecule has 0 radical (unpaired) electrons. The molecule has 0 aliphatic heterocycles. The van der Waals surface area contributed by atoms with E-state index in [1.165, 1.54) is 6.07 Å². The summed E-state index contributed by atoms with van der Waals surface area (Å²) in [6.07, 6.45) is 1.82. The SMILES string of the molecule is Cc1ccc(Cl)cc1C(=O)C=CC(=O)O. The van der Waals surface area contributed by atoms with Gasteiger partial charge in [-0.15, -0.1) is 0 Å². The fourth-order valence-electron chi connectivity index (χ4n) is 1.10. The van der Waals surface area contributed by atoms with Gasteiger partial charge in [0.1, 0.15) is 0 Å². The number of hydrogen-bond donors (Lipinski definition) is 1. The fourth-order valence-corrected chi connectivity index (χ4v) is 1.27. The largest absolute Gasteiger partial charge is 0.478 e. The topological polar surface area (TPSA) is 54.4 Å². The van der Waals surface area contributed by atoms with E-state index < -0.39 is 5.97 Å². The number of ketones is 1. The maximum Gasteiger partial charge on any atom is 0.328 e.